The molecule has 0 amide bonds. The highest BCUT2D eigenvalue weighted by Gasteiger charge is 2.28. The zero-order chi connectivity index (χ0) is 11.4. The highest BCUT2D eigenvalue weighted by Crippen LogP contribution is 2.30. The Bertz CT molecular complexity index is 170. The summed E-state index contributed by atoms with van der Waals surface area (Å²) in [6, 6.07) is 0.228. The molecule has 1 fully saturated rings. The average Bonchev–Trinajstić information content (AvgIpc) is 2.87. The largest absolute Gasteiger partial charge is 0.395 e. The van der Waals surface area contributed by atoms with Crippen LogP contribution >= 0.6 is 0 Å². The average molecular weight is 214 g/mol. The molecule has 3 nitrogen and oxygen atoms in total. The zero-order valence-electron chi connectivity index (χ0n) is 10.3. The number of rotatable bonds is 7. The third-order valence-corrected chi connectivity index (χ3v) is 3.23. The van der Waals surface area contributed by atoms with E-state index in [1.54, 1.807) is 0 Å². The van der Waals surface area contributed by atoms with Gasteiger partial charge in [-0.3, -0.25) is 4.90 Å². The first-order valence-corrected chi connectivity index (χ1v) is 6.11. The van der Waals surface area contributed by atoms with Gasteiger partial charge < -0.3 is 10.8 Å². The molecular weight excluding hydrogens is 188 g/mol. The fourth-order valence-electron chi connectivity index (χ4n) is 2.15. The Morgan fingerprint density at radius 1 is 1.40 bits per heavy atom. The molecule has 1 aliphatic carbocycles. The molecule has 90 valence electrons. The number of hydrogen-bond donors (Lipinski definition) is 2. The molecule has 0 heterocycles. The molecule has 15 heavy (non-hydrogen) atoms. The Balaban J connectivity index is 2.36. The number of aliphatic hydroxyl groups excluding tert-OH is 1. The lowest BCUT2D eigenvalue weighted by Gasteiger charge is -2.32. The summed E-state index contributed by atoms with van der Waals surface area (Å²) in [5.74, 6) is 1.46. The summed E-state index contributed by atoms with van der Waals surface area (Å²) in [7, 11) is 2.08. The molecule has 2 atom stereocenters. The molecule has 0 spiro atoms. The second-order valence-electron chi connectivity index (χ2n) is 5.43. The molecule has 1 aliphatic rings. The normalized spacial score (nSPS) is 21.0. The Kier molecular flexibility index (Phi) is 5.03. The van der Waals surface area contributed by atoms with Crippen LogP contribution in [-0.2, 0) is 0 Å². The van der Waals surface area contributed by atoms with E-state index in [0.717, 1.165) is 18.9 Å². The molecule has 1 saturated carbocycles. The third-order valence-electron chi connectivity index (χ3n) is 3.23. The van der Waals surface area contributed by atoms with Gasteiger partial charge in [-0.1, -0.05) is 13.8 Å². The standard InChI is InChI=1S/C12H26N2O/c1-9(2)6-11(13)12(8-15)14(3)7-10-4-5-10/h9-12,15H,4-8,13H2,1-3H3. The maximum Gasteiger partial charge on any atom is 0.0601 e. The van der Waals surface area contributed by atoms with Crippen molar-refractivity contribution in [3.05, 3.63) is 0 Å². The number of nitrogens with two attached hydrogens (primary N) is 1. The van der Waals surface area contributed by atoms with Gasteiger partial charge in [-0.25, -0.2) is 0 Å². The van der Waals surface area contributed by atoms with Gasteiger partial charge in [0.25, 0.3) is 0 Å². The van der Waals surface area contributed by atoms with Crippen molar-refractivity contribution < 1.29 is 5.11 Å². The van der Waals surface area contributed by atoms with Gasteiger partial charge in [0.15, 0.2) is 0 Å². The van der Waals surface area contributed by atoms with Crippen molar-refractivity contribution in [3.63, 3.8) is 0 Å². The van der Waals surface area contributed by atoms with E-state index >= 15 is 0 Å². The summed E-state index contributed by atoms with van der Waals surface area (Å²) in [5.41, 5.74) is 6.12. The van der Waals surface area contributed by atoms with Crippen LogP contribution in [0.25, 0.3) is 0 Å². The van der Waals surface area contributed by atoms with E-state index in [4.69, 9.17) is 5.73 Å². The van der Waals surface area contributed by atoms with Crippen molar-refractivity contribution in [1.29, 1.82) is 0 Å². The minimum absolute atomic E-state index is 0.0961. The van der Waals surface area contributed by atoms with Crippen molar-refractivity contribution in [2.45, 2.75) is 45.2 Å². The third kappa shape index (κ3) is 4.49. The van der Waals surface area contributed by atoms with Gasteiger partial charge in [-0.15, -0.1) is 0 Å². The Morgan fingerprint density at radius 2 is 2.00 bits per heavy atom. The van der Waals surface area contributed by atoms with Crippen LogP contribution in [-0.4, -0.2) is 42.3 Å². The highest BCUT2D eigenvalue weighted by atomic mass is 16.3. The van der Waals surface area contributed by atoms with E-state index in [9.17, 15) is 5.11 Å². The van der Waals surface area contributed by atoms with Crippen molar-refractivity contribution >= 4 is 0 Å². The first-order valence-electron chi connectivity index (χ1n) is 6.11. The van der Waals surface area contributed by atoms with Crippen LogP contribution < -0.4 is 5.73 Å². The van der Waals surface area contributed by atoms with Gasteiger partial charge in [0, 0.05) is 18.6 Å². The lowest BCUT2D eigenvalue weighted by atomic mass is 9.97. The first-order chi connectivity index (χ1) is 7.04. The minimum Gasteiger partial charge on any atom is -0.395 e. The molecule has 0 aromatic rings. The monoisotopic (exact) mass is 214 g/mol. The Morgan fingerprint density at radius 3 is 2.40 bits per heavy atom. The topological polar surface area (TPSA) is 49.5 Å². The van der Waals surface area contributed by atoms with Crippen LogP contribution in [0.5, 0.6) is 0 Å². The van der Waals surface area contributed by atoms with Gasteiger partial charge in [0.2, 0.25) is 0 Å². The van der Waals surface area contributed by atoms with Crippen LogP contribution in [0.4, 0.5) is 0 Å². The summed E-state index contributed by atoms with van der Waals surface area (Å²) in [6.45, 7) is 5.62. The fourth-order valence-corrected chi connectivity index (χ4v) is 2.15. The maximum absolute atomic E-state index is 9.39. The number of aliphatic hydroxyl groups is 1. The van der Waals surface area contributed by atoms with Crippen LogP contribution in [0, 0.1) is 11.8 Å². The lowest BCUT2D eigenvalue weighted by Crippen LogP contribution is -2.49. The number of likely N-dealkylation sites (N-methyl/N-ethyl adjacent to an activating group) is 1. The summed E-state index contributed by atoms with van der Waals surface area (Å²) in [4.78, 5) is 2.24. The molecule has 0 bridgehead atoms. The first kappa shape index (κ1) is 12.9. The molecule has 3 heteroatoms. The van der Waals surface area contributed by atoms with Gasteiger partial charge in [-0.05, 0) is 38.1 Å². The van der Waals surface area contributed by atoms with Crippen molar-refractivity contribution in [1.82, 2.24) is 4.90 Å². The van der Waals surface area contributed by atoms with Crippen LogP contribution in [0.1, 0.15) is 33.1 Å². The summed E-state index contributed by atoms with van der Waals surface area (Å²) < 4.78 is 0. The second-order valence-corrected chi connectivity index (χ2v) is 5.43. The maximum atomic E-state index is 9.39. The molecule has 0 aliphatic heterocycles. The smallest absolute Gasteiger partial charge is 0.0601 e. The zero-order valence-corrected chi connectivity index (χ0v) is 10.3. The van der Waals surface area contributed by atoms with Crippen LogP contribution in [0.2, 0.25) is 0 Å². The lowest BCUT2D eigenvalue weighted by molar-refractivity contribution is 0.116. The molecular formula is C12H26N2O. The van der Waals surface area contributed by atoms with E-state index in [1.165, 1.54) is 12.8 Å². The molecule has 3 N–H and O–H groups in total. The summed E-state index contributed by atoms with van der Waals surface area (Å²) in [5, 5.41) is 9.39. The molecule has 0 aromatic carbocycles. The quantitative estimate of drug-likeness (QED) is 0.666. The van der Waals surface area contributed by atoms with Gasteiger partial charge in [0.1, 0.15) is 0 Å². The van der Waals surface area contributed by atoms with Gasteiger partial charge in [0.05, 0.1) is 6.61 Å². The number of nitrogens with zero attached hydrogens (tertiary/aromatic N) is 1. The highest BCUT2D eigenvalue weighted by molar-refractivity contribution is 4.84. The SMILES string of the molecule is CC(C)CC(N)C(CO)N(C)CC1CC1. The Labute approximate surface area is 93.6 Å². The fraction of sp³-hybridized carbons (Fsp3) is 1.00. The molecule has 0 aromatic heterocycles. The second kappa shape index (κ2) is 5.83. The van der Waals surface area contributed by atoms with Crippen molar-refractivity contribution in [3.8, 4) is 0 Å². The van der Waals surface area contributed by atoms with E-state index in [0.29, 0.717) is 5.92 Å². The van der Waals surface area contributed by atoms with E-state index in [1.807, 2.05) is 0 Å². The Hall–Kier alpha value is -0.120. The summed E-state index contributed by atoms with van der Waals surface area (Å²) in [6.07, 6.45) is 3.68. The molecule has 0 radical (unpaired) electrons. The van der Waals surface area contributed by atoms with E-state index < -0.39 is 0 Å². The number of hydrogen-bond acceptors (Lipinski definition) is 3. The van der Waals surface area contributed by atoms with Crippen LogP contribution in [0.3, 0.4) is 0 Å². The molecule has 0 saturated heterocycles. The van der Waals surface area contributed by atoms with Crippen LogP contribution in [0.15, 0.2) is 0 Å². The van der Waals surface area contributed by atoms with Crippen molar-refractivity contribution in [2.75, 3.05) is 20.2 Å². The van der Waals surface area contributed by atoms with E-state index in [2.05, 4.69) is 25.8 Å². The van der Waals surface area contributed by atoms with E-state index in [-0.39, 0.29) is 18.7 Å². The molecule has 2 unspecified atom stereocenters. The van der Waals surface area contributed by atoms with Gasteiger partial charge >= 0.3 is 0 Å². The van der Waals surface area contributed by atoms with Gasteiger partial charge in [-0.2, -0.15) is 0 Å². The molecule has 1 rings (SSSR count). The predicted molar refractivity (Wildman–Crippen MR) is 63.7 cm³/mol. The minimum atomic E-state index is 0.0961. The summed E-state index contributed by atoms with van der Waals surface area (Å²) >= 11 is 0. The van der Waals surface area contributed by atoms with Crippen molar-refractivity contribution in [2.24, 2.45) is 17.6 Å². The predicted octanol–water partition coefficient (Wildman–Crippen LogP) is 1.06.